The largest absolute Gasteiger partial charge is 0.338 e. The second-order valence-electron chi connectivity index (χ2n) is 9.40. The average Bonchev–Trinajstić information content (AvgIpc) is 3.74. The van der Waals surface area contributed by atoms with Crippen molar-refractivity contribution in [1.82, 2.24) is 30.1 Å². The molecule has 37 heavy (non-hydrogen) atoms. The van der Waals surface area contributed by atoms with E-state index in [-0.39, 0.29) is 11.8 Å². The van der Waals surface area contributed by atoms with Crippen LogP contribution in [0.3, 0.4) is 0 Å². The molecule has 0 atom stereocenters. The van der Waals surface area contributed by atoms with E-state index in [0.29, 0.717) is 5.69 Å². The van der Waals surface area contributed by atoms with E-state index >= 15 is 0 Å². The third-order valence-electron chi connectivity index (χ3n) is 7.05. The monoisotopic (exact) mass is 505 g/mol. The number of nitrogens with zero attached hydrogens (tertiary/aromatic N) is 4. The summed E-state index contributed by atoms with van der Waals surface area (Å²) < 4.78 is 0. The summed E-state index contributed by atoms with van der Waals surface area (Å²) in [5, 5.41) is 14.8. The number of hydrogen-bond acceptors (Lipinski definition) is 6. The van der Waals surface area contributed by atoms with E-state index in [1.807, 2.05) is 24.4 Å². The second-order valence-corrected chi connectivity index (χ2v) is 10.3. The lowest BCUT2D eigenvalue weighted by atomic mass is 10.1. The summed E-state index contributed by atoms with van der Waals surface area (Å²) in [6.45, 7) is 0. The molecule has 6 heterocycles. The van der Waals surface area contributed by atoms with Crippen LogP contribution in [-0.2, 0) is 4.79 Å². The van der Waals surface area contributed by atoms with Gasteiger partial charge in [-0.25, -0.2) is 4.98 Å². The van der Waals surface area contributed by atoms with E-state index in [0.717, 1.165) is 75.8 Å². The zero-order chi connectivity index (χ0) is 24.8. The minimum atomic E-state index is 0.0753. The van der Waals surface area contributed by atoms with E-state index in [4.69, 9.17) is 0 Å². The fourth-order valence-electron chi connectivity index (χ4n) is 5.16. The normalized spacial score (nSPS) is 14.1. The van der Waals surface area contributed by atoms with Crippen LogP contribution in [0.4, 0.5) is 5.69 Å². The van der Waals surface area contributed by atoms with E-state index in [1.54, 1.807) is 29.9 Å². The molecule has 0 spiro atoms. The third-order valence-corrected chi connectivity index (χ3v) is 7.95. The molecule has 3 N–H and O–H groups in total. The number of hydrogen-bond donors (Lipinski definition) is 3. The SMILES string of the molecule is O=C(Nc1cncc(-c2cc3c(-c4cc5c(-c6cccs6)ccnc5[nH]4)n[nH]c3cn2)c1)C1CCCC1. The fraction of sp³-hybridized carbons (Fsp3) is 0.179. The predicted octanol–water partition coefficient (Wildman–Crippen LogP) is 6.42. The van der Waals surface area contributed by atoms with Gasteiger partial charge in [0.1, 0.15) is 11.3 Å². The maximum absolute atomic E-state index is 12.6. The Morgan fingerprint density at radius 1 is 1.03 bits per heavy atom. The Hall–Kier alpha value is -4.37. The van der Waals surface area contributed by atoms with Crippen molar-refractivity contribution in [2.24, 2.45) is 5.92 Å². The Bertz CT molecular complexity index is 1750. The molecule has 1 fully saturated rings. The lowest BCUT2D eigenvalue weighted by Gasteiger charge is -2.11. The summed E-state index contributed by atoms with van der Waals surface area (Å²) in [4.78, 5) is 30.8. The standard InChI is InChI=1S/C28H23N7OS/c36-28(16-4-1-2-5-16)32-18-10-17(13-29-14-18)22-12-21-24(15-31-22)34-35-26(21)23-11-20-19(25-6-3-9-37-25)7-8-30-27(20)33-23/h3,6-16H,1-2,4-5H2,(H,30,33)(H,32,36)(H,34,35). The van der Waals surface area contributed by atoms with Crippen molar-refractivity contribution >= 4 is 44.9 Å². The Morgan fingerprint density at radius 2 is 1.95 bits per heavy atom. The molecule has 7 rings (SSSR count). The van der Waals surface area contributed by atoms with Gasteiger partial charge in [-0.1, -0.05) is 18.9 Å². The molecule has 0 bridgehead atoms. The second kappa shape index (κ2) is 8.94. The highest BCUT2D eigenvalue weighted by molar-refractivity contribution is 7.13. The summed E-state index contributed by atoms with van der Waals surface area (Å²) >= 11 is 1.71. The van der Waals surface area contributed by atoms with Crippen LogP contribution in [0.2, 0.25) is 0 Å². The maximum atomic E-state index is 12.6. The zero-order valence-corrected chi connectivity index (χ0v) is 20.7. The molecular formula is C28H23N7OS. The summed E-state index contributed by atoms with van der Waals surface area (Å²) in [6, 6.07) is 12.3. The van der Waals surface area contributed by atoms with Crippen LogP contribution in [0.1, 0.15) is 25.7 Å². The minimum absolute atomic E-state index is 0.0753. The number of aromatic amines is 2. The molecule has 0 unspecified atom stereocenters. The number of carbonyl (C=O) groups is 1. The van der Waals surface area contributed by atoms with Gasteiger partial charge in [-0.05, 0) is 48.6 Å². The number of H-pyrrole nitrogens is 2. The van der Waals surface area contributed by atoms with Gasteiger partial charge in [0.05, 0.1) is 35.0 Å². The first kappa shape index (κ1) is 21.9. The molecule has 6 aromatic heterocycles. The molecule has 9 heteroatoms. The molecular weight excluding hydrogens is 482 g/mol. The van der Waals surface area contributed by atoms with Crippen molar-refractivity contribution in [3.8, 4) is 33.1 Å². The lowest BCUT2D eigenvalue weighted by Crippen LogP contribution is -2.20. The summed E-state index contributed by atoms with van der Waals surface area (Å²) in [5.74, 6) is 0.170. The molecule has 182 valence electrons. The average molecular weight is 506 g/mol. The summed E-state index contributed by atoms with van der Waals surface area (Å²) in [6.07, 6.45) is 11.2. The molecule has 6 aromatic rings. The highest BCUT2D eigenvalue weighted by Gasteiger charge is 2.23. The van der Waals surface area contributed by atoms with Gasteiger partial charge in [-0.15, -0.1) is 11.3 Å². The molecule has 0 aliphatic heterocycles. The first-order chi connectivity index (χ1) is 18.2. The van der Waals surface area contributed by atoms with Crippen molar-refractivity contribution in [1.29, 1.82) is 0 Å². The zero-order valence-electron chi connectivity index (χ0n) is 19.9. The third kappa shape index (κ3) is 3.97. The number of fused-ring (bicyclic) bond motifs is 2. The molecule has 0 aromatic carbocycles. The van der Waals surface area contributed by atoms with Crippen LogP contribution in [0, 0.1) is 5.92 Å². The number of amides is 1. The van der Waals surface area contributed by atoms with Crippen LogP contribution in [-0.4, -0.2) is 36.0 Å². The maximum Gasteiger partial charge on any atom is 0.227 e. The number of rotatable bonds is 5. The molecule has 0 saturated heterocycles. The number of aromatic nitrogens is 6. The van der Waals surface area contributed by atoms with Crippen molar-refractivity contribution in [2.75, 3.05) is 5.32 Å². The van der Waals surface area contributed by atoms with Crippen molar-refractivity contribution < 1.29 is 4.79 Å². The molecule has 1 aliphatic rings. The topological polar surface area (TPSA) is 112 Å². The van der Waals surface area contributed by atoms with Gasteiger partial charge in [-0.3, -0.25) is 19.9 Å². The van der Waals surface area contributed by atoms with Gasteiger partial charge < -0.3 is 10.3 Å². The van der Waals surface area contributed by atoms with E-state index in [1.165, 1.54) is 4.88 Å². The van der Waals surface area contributed by atoms with E-state index in [2.05, 4.69) is 59.0 Å². The summed E-state index contributed by atoms with van der Waals surface area (Å²) in [7, 11) is 0. The number of anilines is 1. The number of thiophene rings is 1. The van der Waals surface area contributed by atoms with E-state index < -0.39 is 0 Å². The molecule has 1 aliphatic carbocycles. The van der Waals surface area contributed by atoms with Gasteiger partial charge in [0.2, 0.25) is 5.91 Å². The van der Waals surface area contributed by atoms with Gasteiger partial charge in [0.25, 0.3) is 0 Å². The number of carbonyl (C=O) groups excluding carboxylic acids is 1. The van der Waals surface area contributed by atoms with Crippen LogP contribution >= 0.6 is 11.3 Å². The Morgan fingerprint density at radius 3 is 2.81 bits per heavy atom. The van der Waals surface area contributed by atoms with Gasteiger partial charge in [-0.2, -0.15) is 5.10 Å². The quantitative estimate of drug-likeness (QED) is 0.250. The van der Waals surface area contributed by atoms with Gasteiger partial charge in [0.15, 0.2) is 0 Å². The van der Waals surface area contributed by atoms with E-state index in [9.17, 15) is 4.79 Å². The van der Waals surface area contributed by atoms with Crippen molar-refractivity contribution in [3.05, 3.63) is 66.6 Å². The Kier molecular flexibility index (Phi) is 5.28. The highest BCUT2D eigenvalue weighted by Crippen LogP contribution is 2.35. The van der Waals surface area contributed by atoms with Crippen molar-refractivity contribution in [2.45, 2.75) is 25.7 Å². The van der Waals surface area contributed by atoms with Crippen LogP contribution in [0.15, 0.2) is 66.6 Å². The van der Waals surface area contributed by atoms with Crippen LogP contribution in [0.25, 0.3) is 55.0 Å². The number of pyridine rings is 3. The van der Waals surface area contributed by atoms with Gasteiger partial charge >= 0.3 is 0 Å². The van der Waals surface area contributed by atoms with Crippen molar-refractivity contribution in [3.63, 3.8) is 0 Å². The fourth-order valence-corrected chi connectivity index (χ4v) is 5.93. The highest BCUT2D eigenvalue weighted by atomic mass is 32.1. The lowest BCUT2D eigenvalue weighted by molar-refractivity contribution is -0.119. The predicted molar refractivity (Wildman–Crippen MR) is 146 cm³/mol. The summed E-state index contributed by atoms with van der Waals surface area (Å²) in [5.41, 5.74) is 6.75. The Labute approximate surface area is 216 Å². The molecule has 1 saturated carbocycles. The first-order valence-corrected chi connectivity index (χ1v) is 13.2. The molecule has 0 radical (unpaired) electrons. The van der Waals surface area contributed by atoms with Crippen LogP contribution < -0.4 is 5.32 Å². The first-order valence-electron chi connectivity index (χ1n) is 12.4. The van der Waals surface area contributed by atoms with Gasteiger partial charge in [0, 0.05) is 45.1 Å². The molecule has 8 nitrogen and oxygen atoms in total. The minimum Gasteiger partial charge on any atom is -0.338 e. The number of nitrogens with one attached hydrogen (secondary N) is 3. The smallest absolute Gasteiger partial charge is 0.227 e. The Balaban J connectivity index is 1.25. The van der Waals surface area contributed by atoms with Crippen LogP contribution in [0.5, 0.6) is 0 Å². The molecule has 1 amide bonds.